The topological polar surface area (TPSA) is 62.7 Å². The summed E-state index contributed by atoms with van der Waals surface area (Å²) in [7, 11) is 0. The van der Waals surface area contributed by atoms with E-state index in [4.69, 9.17) is 0 Å². The van der Waals surface area contributed by atoms with Crippen LogP contribution in [0.3, 0.4) is 0 Å². The molecule has 0 aliphatic heterocycles. The quantitative estimate of drug-likeness (QED) is 0.832. The van der Waals surface area contributed by atoms with Gasteiger partial charge in [-0.25, -0.2) is 0 Å². The van der Waals surface area contributed by atoms with E-state index in [2.05, 4.69) is 15.4 Å². The Morgan fingerprint density at radius 3 is 2.94 bits per heavy atom. The zero-order valence-electron chi connectivity index (χ0n) is 10.7. The molecule has 96 valence electrons. The minimum atomic E-state index is -0.00671. The van der Waals surface area contributed by atoms with Crippen LogP contribution in [-0.2, 0) is 17.8 Å². The van der Waals surface area contributed by atoms with E-state index in [1.807, 2.05) is 38.2 Å². The SMILES string of the molecule is Cc1cc(C)n(CC(=O)NCCc2ccc[nH]2)n1. The van der Waals surface area contributed by atoms with Crippen LogP contribution in [0.1, 0.15) is 17.1 Å². The van der Waals surface area contributed by atoms with E-state index in [0.717, 1.165) is 23.5 Å². The van der Waals surface area contributed by atoms with Crippen LogP contribution in [0.4, 0.5) is 0 Å². The predicted octanol–water partition coefficient (Wildman–Crippen LogP) is 1.19. The number of H-pyrrole nitrogens is 1. The first-order valence-electron chi connectivity index (χ1n) is 6.05. The fourth-order valence-corrected chi connectivity index (χ4v) is 1.89. The third kappa shape index (κ3) is 3.23. The molecule has 0 radical (unpaired) electrons. The first kappa shape index (κ1) is 12.4. The molecule has 0 saturated carbocycles. The normalized spacial score (nSPS) is 10.6. The van der Waals surface area contributed by atoms with Gasteiger partial charge >= 0.3 is 0 Å². The van der Waals surface area contributed by atoms with Crippen molar-refractivity contribution in [3.8, 4) is 0 Å². The van der Waals surface area contributed by atoms with E-state index >= 15 is 0 Å². The lowest BCUT2D eigenvalue weighted by atomic mass is 10.3. The second-order valence-electron chi connectivity index (χ2n) is 4.38. The number of aromatic nitrogens is 3. The number of carbonyl (C=O) groups excluding carboxylic acids is 1. The van der Waals surface area contributed by atoms with Crippen LogP contribution in [-0.4, -0.2) is 27.2 Å². The standard InChI is InChI=1S/C13H18N4O/c1-10-8-11(2)17(16-10)9-13(18)15-7-5-12-4-3-6-14-12/h3-4,6,8,14H,5,7,9H2,1-2H3,(H,15,18). The Labute approximate surface area is 106 Å². The van der Waals surface area contributed by atoms with Crippen molar-refractivity contribution >= 4 is 5.91 Å². The Balaban J connectivity index is 1.77. The van der Waals surface area contributed by atoms with Crippen LogP contribution in [0.2, 0.25) is 0 Å². The average molecular weight is 246 g/mol. The van der Waals surface area contributed by atoms with Crippen molar-refractivity contribution in [3.63, 3.8) is 0 Å². The second kappa shape index (κ2) is 5.53. The van der Waals surface area contributed by atoms with Crippen LogP contribution in [0, 0.1) is 13.8 Å². The number of aryl methyl sites for hydroxylation is 2. The Kier molecular flexibility index (Phi) is 3.82. The molecular formula is C13H18N4O. The molecular weight excluding hydrogens is 228 g/mol. The van der Waals surface area contributed by atoms with Crippen molar-refractivity contribution in [2.24, 2.45) is 0 Å². The third-order valence-electron chi connectivity index (χ3n) is 2.78. The highest BCUT2D eigenvalue weighted by atomic mass is 16.2. The summed E-state index contributed by atoms with van der Waals surface area (Å²) in [5.41, 5.74) is 3.07. The molecule has 5 nitrogen and oxygen atoms in total. The highest BCUT2D eigenvalue weighted by Gasteiger charge is 2.06. The van der Waals surface area contributed by atoms with Crippen molar-refractivity contribution in [1.29, 1.82) is 0 Å². The molecule has 0 aliphatic carbocycles. The van der Waals surface area contributed by atoms with Gasteiger partial charge in [0.1, 0.15) is 6.54 Å². The molecule has 0 aliphatic rings. The average Bonchev–Trinajstić information content (AvgIpc) is 2.90. The van der Waals surface area contributed by atoms with Gasteiger partial charge in [0.25, 0.3) is 0 Å². The Morgan fingerprint density at radius 1 is 1.50 bits per heavy atom. The molecule has 0 bridgehead atoms. The monoisotopic (exact) mass is 246 g/mol. The second-order valence-corrected chi connectivity index (χ2v) is 4.38. The minimum Gasteiger partial charge on any atom is -0.365 e. The Morgan fingerprint density at radius 2 is 2.33 bits per heavy atom. The predicted molar refractivity (Wildman–Crippen MR) is 69.2 cm³/mol. The number of aromatic amines is 1. The molecule has 18 heavy (non-hydrogen) atoms. The van der Waals surface area contributed by atoms with Gasteiger partial charge in [0, 0.05) is 30.6 Å². The van der Waals surface area contributed by atoms with E-state index in [9.17, 15) is 4.79 Å². The number of carbonyl (C=O) groups is 1. The zero-order chi connectivity index (χ0) is 13.0. The molecule has 1 amide bonds. The largest absolute Gasteiger partial charge is 0.365 e. The summed E-state index contributed by atoms with van der Waals surface area (Å²) in [6, 6.07) is 5.92. The molecule has 5 heteroatoms. The summed E-state index contributed by atoms with van der Waals surface area (Å²) in [4.78, 5) is 14.8. The molecule has 0 spiro atoms. The van der Waals surface area contributed by atoms with Gasteiger partial charge in [0.05, 0.1) is 5.69 Å². The summed E-state index contributed by atoms with van der Waals surface area (Å²) < 4.78 is 1.72. The third-order valence-corrected chi connectivity index (χ3v) is 2.78. The molecule has 2 aromatic rings. The highest BCUT2D eigenvalue weighted by Crippen LogP contribution is 2.01. The molecule has 2 aromatic heterocycles. The minimum absolute atomic E-state index is 0.00671. The molecule has 0 atom stereocenters. The summed E-state index contributed by atoms with van der Waals surface area (Å²) in [5, 5.41) is 7.14. The van der Waals surface area contributed by atoms with Crippen molar-refractivity contribution in [1.82, 2.24) is 20.1 Å². The lowest BCUT2D eigenvalue weighted by molar-refractivity contribution is -0.121. The molecule has 0 unspecified atom stereocenters. The summed E-state index contributed by atoms with van der Waals surface area (Å²) in [6.45, 7) is 4.79. The number of rotatable bonds is 5. The van der Waals surface area contributed by atoms with Gasteiger partial charge in [0.15, 0.2) is 0 Å². The molecule has 0 aromatic carbocycles. The first-order valence-corrected chi connectivity index (χ1v) is 6.05. The number of nitrogens with one attached hydrogen (secondary N) is 2. The van der Waals surface area contributed by atoms with E-state index in [-0.39, 0.29) is 12.5 Å². The maximum Gasteiger partial charge on any atom is 0.241 e. The van der Waals surface area contributed by atoms with Gasteiger partial charge in [0.2, 0.25) is 5.91 Å². The number of nitrogens with zero attached hydrogens (tertiary/aromatic N) is 2. The molecule has 2 heterocycles. The van der Waals surface area contributed by atoms with E-state index in [1.165, 1.54) is 0 Å². The van der Waals surface area contributed by atoms with E-state index in [0.29, 0.717) is 6.54 Å². The summed E-state index contributed by atoms with van der Waals surface area (Å²) in [5.74, 6) is -0.00671. The molecule has 0 fully saturated rings. The van der Waals surface area contributed by atoms with E-state index in [1.54, 1.807) is 4.68 Å². The van der Waals surface area contributed by atoms with Crippen molar-refractivity contribution < 1.29 is 4.79 Å². The maximum atomic E-state index is 11.7. The van der Waals surface area contributed by atoms with Crippen molar-refractivity contribution in [2.75, 3.05) is 6.54 Å². The first-order chi connectivity index (χ1) is 8.65. The van der Waals surface area contributed by atoms with Crippen LogP contribution >= 0.6 is 0 Å². The fraction of sp³-hybridized carbons (Fsp3) is 0.385. The van der Waals surface area contributed by atoms with Gasteiger partial charge in [-0.1, -0.05) is 0 Å². The lowest BCUT2D eigenvalue weighted by Gasteiger charge is -2.06. The number of hydrogen-bond acceptors (Lipinski definition) is 2. The Bertz CT molecular complexity index is 513. The van der Waals surface area contributed by atoms with Crippen LogP contribution in [0.15, 0.2) is 24.4 Å². The lowest BCUT2D eigenvalue weighted by Crippen LogP contribution is -2.30. The maximum absolute atomic E-state index is 11.7. The molecule has 2 N–H and O–H groups in total. The van der Waals surface area contributed by atoms with Crippen LogP contribution in [0.25, 0.3) is 0 Å². The van der Waals surface area contributed by atoms with Crippen molar-refractivity contribution in [3.05, 3.63) is 41.5 Å². The van der Waals surface area contributed by atoms with Gasteiger partial charge < -0.3 is 10.3 Å². The fourth-order valence-electron chi connectivity index (χ4n) is 1.89. The van der Waals surface area contributed by atoms with Crippen LogP contribution < -0.4 is 5.32 Å². The van der Waals surface area contributed by atoms with Gasteiger partial charge in [-0.2, -0.15) is 5.10 Å². The van der Waals surface area contributed by atoms with E-state index < -0.39 is 0 Å². The van der Waals surface area contributed by atoms with Gasteiger partial charge in [-0.3, -0.25) is 9.48 Å². The number of hydrogen-bond donors (Lipinski definition) is 2. The molecule has 0 saturated heterocycles. The zero-order valence-corrected chi connectivity index (χ0v) is 10.7. The van der Waals surface area contributed by atoms with Gasteiger partial charge in [-0.05, 0) is 32.0 Å². The number of amides is 1. The summed E-state index contributed by atoms with van der Waals surface area (Å²) >= 11 is 0. The van der Waals surface area contributed by atoms with Crippen molar-refractivity contribution in [2.45, 2.75) is 26.8 Å². The molecule has 2 rings (SSSR count). The Hall–Kier alpha value is -2.04. The van der Waals surface area contributed by atoms with Gasteiger partial charge in [-0.15, -0.1) is 0 Å². The summed E-state index contributed by atoms with van der Waals surface area (Å²) in [6.07, 6.45) is 2.70. The van der Waals surface area contributed by atoms with Crippen LogP contribution in [0.5, 0.6) is 0 Å². The smallest absolute Gasteiger partial charge is 0.241 e. The highest BCUT2D eigenvalue weighted by molar-refractivity contribution is 5.75.